The van der Waals surface area contributed by atoms with E-state index < -0.39 is 18.0 Å². The van der Waals surface area contributed by atoms with Gasteiger partial charge in [-0.2, -0.15) is 0 Å². The Balaban J connectivity index is 1.71. The molecule has 3 aromatic rings. The van der Waals surface area contributed by atoms with Crippen LogP contribution in [0.5, 0.6) is 0 Å². The molecule has 0 radical (unpaired) electrons. The highest BCUT2D eigenvalue weighted by Gasteiger charge is 2.20. The fourth-order valence-electron chi connectivity index (χ4n) is 2.47. The smallest absolute Gasteiger partial charge is 0.339 e. The zero-order valence-electron chi connectivity index (χ0n) is 14.3. The largest absolute Gasteiger partial charge is 0.449 e. The van der Waals surface area contributed by atoms with Crippen molar-refractivity contribution in [3.8, 4) is 11.1 Å². The van der Waals surface area contributed by atoms with Crippen molar-refractivity contribution in [2.24, 2.45) is 0 Å². The third kappa shape index (κ3) is 4.13. The van der Waals surface area contributed by atoms with E-state index in [2.05, 4.69) is 10.3 Å². The van der Waals surface area contributed by atoms with Crippen molar-refractivity contribution in [1.29, 1.82) is 0 Å². The molecule has 0 aliphatic rings. The molecule has 1 aromatic heterocycles. The first-order chi connectivity index (χ1) is 12.6. The first-order valence-corrected chi connectivity index (χ1v) is 8.21. The summed E-state index contributed by atoms with van der Waals surface area (Å²) >= 11 is 0. The highest BCUT2D eigenvalue weighted by molar-refractivity contribution is 5.99. The van der Waals surface area contributed by atoms with Gasteiger partial charge in [-0.25, -0.2) is 4.79 Å². The molecule has 0 spiro atoms. The maximum absolute atomic E-state index is 12.5. The first kappa shape index (κ1) is 17.4. The predicted octanol–water partition coefficient (Wildman–Crippen LogP) is 3.93. The lowest BCUT2D eigenvalue weighted by molar-refractivity contribution is -0.123. The summed E-state index contributed by atoms with van der Waals surface area (Å²) in [7, 11) is 0. The molecule has 0 aliphatic carbocycles. The molecule has 0 unspecified atom stereocenters. The second-order valence-corrected chi connectivity index (χ2v) is 5.68. The van der Waals surface area contributed by atoms with Gasteiger partial charge in [-0.1, -0.05) is 48.5 Å². The van der Waals surface area contributed by atoms with Gasteiger partial charge in [-0.3, -0.25) is 9.78 Å². The first-order valence-electron chi connectivity index (χ1n) is 8.21. The van der Waals surface area contributed by atoms with E-state index in [9.17, 15) is 9.59 Å². The third-order valence-corrected chi connectivity index (χ3v) is 3.84. The van der Waals surface area contributed by atoms with E-state index in [1.54, 1.807) is 6.92 Å². The van der Waals surface area contributed by atoms with Crippen LogP contribution in [0.25, 0.3) is 11.1 Å². The molecule has 0 bridgehead atoms. The normalized spacial score (nSPS) is 11.4. The van der Waals surface area contributed by atoms with Crippen LogP contribution in [0.4, 0.5) is 5.69 Å². The molecule has 26 heavy (non-hydrogen) atoms. The van der Waals surface area contributed by atoms with Crippen LogP contribution in [-0.4, -0.2) is 23.0 Å². The Morgan fingerprint density at radius 2 is 1.58 bits per heavy atom. The molecule has 1 atom stereocenters. The fraction of sp³-hybridized carbons (Fsp3) is 0.0952. The van der Waals surface area contributed by atoms with Crippen molar-refractivity contribution in [2.75, 3.05) is 5.32 Å². The van der Waals surface area contributed by atoms with E-state index in [4.69, 9.17) is 4.74 Å². The maximum atomic E-state index is 12.5. The fourth-order valence-corrected chi connectivity index (χ4v) is 2.47. The number of para-hydroxylation sites is 1. The van der Waals surface area contributed by atoms with Gasteiger partial charge in [0.1, 0.15) is 0 Å². The minimum Gasteiger partial charge on any atom is -0.449 e. The van der Waals surface area contributed by atoms with Crippen molar-refractivity contribution >= 4 is 17.6 Å². The van der Waals surface area contributed by atoms with Crippen LogP contribution in [0.15, 0.2) is 79.1 Å². The maximum Gasteiger partial charge on any atom is 0.339 e. The number of hydrogen-bond acceptors (Lipinski definition) is 4. The van der Waals surface area contributed by atoms with Gasteiger partial charge in [-0.15, -0.1) is 0 Å². The summed E-state index contributed by atoms with van der Waals surface area (Å²) in [5.41, 5.74) is 2.90. The van der Waals surface area contributed by atoms with Crippen LogP contribution < -0.4 is 5.32 Å². The molecular formula is C21H18N2O3. The number of anilines is 1. The van der Waals surface area contributed by atoms with Crippen LogP contribution >= 0.6 is 0 Å². The number of hydrogen-bond donors (Lipinski definition) is 1. The SMILES string of the molecule is C[C@@H](OC(=O)c1ccncc1)C(=O)Nc1ccccc1-c1ccccc1. The number of aromatic nitrogens is 1. The lowest BCUT2D eigenvalue weighted by Crippen LogP contribution is -2.30. The van der Waals surface area contributed by atoms with Crippen LogP contribution in [0, 0.1) is 0 Å². The molecule has 130 valence electrons. The van der Waals surface area contributed by atoms with Crippen molar-refractivity contribution in [3.05, 3.63) is 84.7 Å². The van der Waals surface area contributed by atoms with Crippen LogP contribution in [0.3, 0.4) is 0 Å². The van der Waals surface area contributed by atoms with Crippen molar-refractivity contribution in [1.82, 2.24) is 4.98 Å². The number of nitrogens with zero attached hydrogens (tertiary/aromatic N) is 1. The summed E-state index contributed by atoms with van der Waals surface area (Å²) in [4.78, 5) is 28.4. The zero-order valence-corrected chi connectivity index (χ0v) is 14.3. The highest BCUT2D eigenvalue weighted by atomic mass is 16.5. The lowest BCUT2D eigenvalue weighted by atomic mass is 10.0. The van der Waals surface area contributed by atoms with Crippen molar-refractivity contribution < 1.29 is 14.3 Å². The molecule has 5 nitrogen and oxygen atoms in total. The minimum absolute atomic E-state index is 0.351. The van der Waals surface area contributed by atoms with Gasteiger partial charge in [0.15, 0.2) is 6.10 Å². The average molecular weight is 346 g/mol. The number of benzene rings is 2. The monoisotopic (exact) mass is 346 g/mol. The topological polar surface area (TPSA) is 68.3 Å². The lowest BCUT2D eigenvalue weighted by Gasteiger charge is -2.16. The summed E-state index contributed by atoms with van der Waals surface area (Å²) in [6.45, 7) is 1.54. The summed E-state index contributed by atoms with van der Waals surface area (Å²) in [6, 6.07) is 20.3. The van der Waals surface area contributed by atoms with Crippen LogP contribution in [0.2, 0.25) is 0 Å². The summed E-state index contributed by atoms with van der Waals surface area (Å²) in [6.07, 6.45) is 2.06. The molecule has 0 fully saturated rings. The Morgan fingerprint density at radius 3 is 2.31 bits per heavy atom. The summed E-state index contributed by atoms with van der Waals surface area (Å²) in [5, 5.41) is 2.84. The molecule has 0 saturated carbocycles. The van der Waals surface area contributed by atoms with Gasteiger partial charge in [0.25, 0.3) is 5.91 Å². The molecule has 0 saturated heterocycles. The van der Waals surface area contributed by atoms with Gasteiger partial charge in [0.2, 0.25) is 0 Å². The number of amides is 1. The summed E-state index contributed by atoms with van der Waals surface area (Å²) < 4.78 is 5.24. The van der Waals surface area contributed by atoms with Gasteiger partial charge in [0, 0.05) is 23.6 Å². The van der Waals surface area contributed by atoms with E-state index in [1.165, 1.54) is 24.5 Å². The van der Waals surface area contributed by atoms with Gasteiger partial charge in [0.05, 0.1) is 5.56 Å². The quantitative estimate of drug-likeness (QED) is 0.711. The van der Waals surface area contributed by atoms with Crippen LogP contribution in [0.1, 0.15) is 17.3 Å². The summed E-state index contributed by atoms with van der Waals surface area (Å²) in [5.74, 6) is -0.956. The Hall–Kier alpha value is -3.47. The van der Waals surface area contributed by atoms with Crippen molar-refractivity contribution in [3.63, 3.8) is 0 Å². The van der Waals surface area contributed by atoms with E-state index in [1.807, 2.05) is 54.6 Å². The molecule has 5 heteroatoms. The number of nitrogens with one attached hydrogen (secondary N) is 1. The Kier molecular flexibility index (Phi) is 5.39. The second kappa shape index (κ2) is 8.07. The number of rotatable bonds is 5. The molecule has 1 heterocycles. The van der Waals surface area contributed by atoms with Gasteiger partial charge >= 0.3 is 5.97 Å². The van der Waals surface area contributed by atoms with E-state index in [0.717, 1.165) is 11.1 Å². The number of ether oxygens (including phenoxy) is 1. The molecule has 2 aromatic carbocycles. The zero-order chi connectivity index (χ0) is 18.4. The molecule has 0 aliphatic heterocycles. The van der Waals surface area contributed by atoms with Crippen LogP contribution in [-0.2, 0) is 9.53 Å². The van der Waals surface area contributed by atoms with E-state index in [0.29, 0.717) is 11.3 Å². The van der Waals surface area contributed by atoms with E-state index >= 15 is 0 Å². The second-order valence-electron chi connectivity index (χ2n) is 5.68. The van der Waals surface area contributed by atoms with Gasteiger partial charge < -0.3 is 10.1 Å². The molecule has 3 rings (SSSR count). The highest BCUT2D eigenvalue weighted by Crippen LogP contribution is 2.27. The Bertz CT molecular complexity index is 895. The Labute approximate surface area is 151 Å². The molecular weight excluding hydrogens is 328 g/mol. The third-order valence-electron chi connectivity index (χ3n) is 3.84. The average Bonchev–Trinajstić information content (AvgIpc) is 2.69. The number of pyridine rings is 1. The molecule has 1 N–H and O–H groups in total. The standard InChI is InChI=1S/C21H18N2O3/c1-15(26-21(25)17-11-13-22-14-12-17)20(24)23-19-10-6-5-9-18(19)16-7-3-2-4-8-16/h2-15H,1H3,(H,23,24)/t15-/m1/s1. The Morgan fingerprint density at radius 1 is 0.923 bits per heavy atom. The van der Waals surface area contributed by atoms with E-state index in [-0.39, 0.29) is 0 Å². The predicted molar refractivity (Wildman–Crippen MR) is 99.6 cm³/mol. The number of esters is 1. The number of carbonyl (C=O) groups is 2. The van der Waals surface area contributed by atoms with Crippen molar-refractivity contribution in [2.45, 2.75) is 13.0 Å². The number of carbonyl (C=O) groups excluding carboxylic acids is 2. The van der Waals surface area contributed by atoms with Gasteiger partial charge in [-0.05, 0) is 30.7 Å². The molecule has 1 amide bonds. The minimum atomic E-state index is -0.931.